The minimum atomic E-state index is -1.13. The summed E-state index contributed by atoms with van der Waals surface area (Å²) in [4.78, 5) is 28.7. The largest absolute Gasteiger partial charge is 0.477 e. The van der Waals surface area contributed by atoms with Crippen LogP contribution >= 0.6 is 0 Å². The van der Waals surface area contributed by atoms with Crippen molar-refractivity contribution in [2.45, 2.75) is 12.8 Å². The maximum atomic E-state index is 12.2. The summed E-state index contributed by atoms with van der Waals surface area (Å²) < 4.78 is 1.06. The van der Waals surface area contributed by atoms with Gasteiger partial charge in [0.25, 0.3) is 5.56 Å². The zero-order valence-corrected chi connectivity index (χ0v) is 13.8. The molecule has 1 fully saturated rings. The first-order valence-corrected chi connectivity index (χ1v) is 8.19. The molecule has 7 heteroatoms. The summed E-state index contributed by atoms with van der Waals surface area (Å²) in [6, 6.07) is 9.30. The highest BCUT2D eigenvalue weighted by Crippen LogP contribution is 2.31. The van der Waals surface area contributed by atoms with E-state index in [4.69, 9.17) is 0 Å². The number of carboxylic acids is 1. The molecule has 0 bridgehead atoms. The Labute approximate surface area is 143 Å². The molecule has 1 aliphatic carbocycles. The maximum absolute atomic E-state index is 12.2. The lowest BCUT2D eigenvalue weighted by Crippen LogP contribution is -2.19. The molecule has 0 aliphatic heterocycles. The quantitative estimate of drug-likeness (QED) is 0.744. The van der Waals surface area contributed by atoms with Gasteiger partial charge in [0.2, 0.25) is 0 Å². The van der Waals surface area contributed by atoms with Gasteiger partial charge in [-0.3, -0.25) is 4.79 Å². The summed E-state index contributed by atoms with van der Waals surface area (Å²) in [6.07, 6.45) is 3.79. The van der Waals surface area contributed by atoms with E-state index in [1.165, 1.54) is 25.1 Å². The topological polar surface area (TPSA) is 90.7 Å². The van der Waals surface area contributed by atoms with Crippen molar-refractivity contribution in [2.24, 2.45) is 5.92 Å². The van der Waals surface area contributed by atoms with Gasteiger partial charge in [0.05, 0.1) is 11.9 Å². The van der Waals surface area contributed by atoms with Crippen LogP contribution in [0.5, 0.6) is 0 Å². The van der Waals surface area contributed by atoms with E-state index in [2.05, 4.69) is 22.0 Å². The zero-order valence-electron chi connectivity index (χ0n) is 13.8. The molecule has 4 rings (SSSR count). The second kappa shape index (κ2) is 5.77. The summed E-state index contributed by atoms with van der Waals surface area (Å²) in [5.41, 5.74) is 2.29. The van der Waals surface area contributed by atoms with Gasteiger partial charge in [0, 0.05) is 25.3 Å². The van der Waals surface area contributed by atoms with E-state index in [0.717, 1.165) is 28.2 Å². The van der Waals surface area contributed by atoms with Crippen molar-refractivity contribution in [3.8, 4) is 11.3 Å². The second-order valence-electron chi connectivity index (χ2n) is 6.52. The van der Waals surface area contributed by atoms with Crippen LogP contribution in [-0.4, -0.2) is 39.3 Å². The Kier molecular flexibility index (Phi) is 3.56. The number of H-pyrrole nitrogens is 1. The first-order chi connectivity index (χ1) is 12.0. The van der Waals surface area contributed by atoms with Gasteiger partial charge in [-0.2, -0.15) is 9.61 Å². The van der Waals surface area contributed by atoms with E-state index < -0.39 is 5.97 Å². The third kappa shape index (κ3) is 2.88. The number of benzene rings is 1. The van der Waals surface area contributed by atoms with Crippen molar-refractivity contribution in [2.75, 3.05) is 18.5 Å². The van der Waals surface area contributed by atoms with Crippen molar-refractivity contribution in [3.05, 3.63) is 52.4 Å². The van der Waals surface area contributed by atoms with Crippen molar-refractivity contribution in [1.82, 2.24) is 14.6 Å². The molecule has 0 amide bonds. The number of aromatic nitrogens is 3. The average molecular weight is 338 g/mol. The predicted octanol–water partition coefficient (Wildman–Crippen LogP) is 2.23. The molecule has 2 N–H and O–H groups in total. The third-order valence-electron chi connectivity index (χ3n) is 4.58. The average Bonchev–Trinajstić information content (AvgIpc) is 3.29. The first-order valence-electron chi connectivity index (χ1n) is 8.19. The highest BCUT2D eigenvalue weighted by Gasteiger charge is 2.23. The molecule has 1 saturated carbocycles. The van der Waals surface area contributed by atoms with Gasteiger partial charge in [0.15, 0.2) is 5.65 Å². The highest BCUT2D eigenvalue weighted by molar-refractivity contribution is 5.94. The summed E-state index contributed by atoms with van der Waals surface area (Å²) in [6.45, 7) is 1.06. The maximum Gasteiger partial charge on any atom is 0.341 e. The van der Waals surface area contributed by atoms with Crippen LogP contribution in [0.1, 0.15) is 23.2 Å². The molecular weight excluding hydrogens is 320 g/mol. The predicted molar refractivity (Wildman–Crippen MR) is 94.2 cm³/mol. The number of hydrogen-bond donors (Lipinski definition) is 2. The fourth-order valence-corrected chi connectivity index (χ4v) is 2.98. The van der Waals surface area contributed by atoms with Crippen LogP contribution in [0.15, 0.2) is 41.3 Å². The summed E-state index contributed by atoms with van der Waals surface area (Å²) in [5.74, 6) is -0.320. The van der Waals surface area contributed by atoms with E-state index in [9.17, 15) is 14.7 Å². The molecule has 2 aromatic heterocycles. The van der Waals surface area contributed by atoms with Gasteiger partial charge in [0.1, 0.15) is 5.56 Å². The Morgan fingerprint density at radius 2 is 2.08 bits per heavy atom. The molecule has 1 aromatic carbocycles. The monoisotopic (exact) mass is 338 g/mol. The van der Waals surface area contributed by atoms with Crippen molar-refractivity contribution in [1.29, 1.82) is 0 Å². The van der Waals surface area contributed by atoms with Gasteiger partial charge in [-0.05, 0) is 36.5 Å². The Hall–Kier alpha value is -3.09. The molecule has 3 aromatic rings. The Morgan fingerprint density at radius 1 is 1.36 bits per heavy atom. The molecule has 0 radical (unpaired) electrons. The molecule has 1 aliphatic rings. The van der Waals surface area contributed by atoms with E-state index in [0.29, 0.717) is 5.69 Å². The van der Waals surface area contributed by atoms with Crippen LogP contribution in [-0.2, 0) is 0 Å². The van der Waals surface area contributed by atoms with Crippen molar-refractivity contribution < 1.29 is 9.90 Å². The minimum Gasteiger partial charge on any atom is -0.477 e. The lowest BCUT2D eigenvalue weighted by molar-refractivity contribution is 0.0699. The summed E-state index contributed by atoms with van der Waals surface area (Å²) in [7, 11) is 2.08. The smallest absolute Gasteiger partial charge is 0.341 e. The number of aromatic amines is 1. The molecular formula is C18H18N4O3. The fourth-order valence-electron chi connectivity index (χ4n) is 2.98. The van der Waals surface area contributed by atoms with Gasteiger partial charge < -0.3 is 15.0 Å². The van der Waals surface area contributed by atoms with Crippen LogP contribution in [0.25, 0.3) is 16.9 Å². The second-order valence-corrected chi connectivity index (χ2v) is 6.52. The molecule has 2 heterocycles. The number of nitrogens with one attached hydrogen (secondary N) is 1. The van der Waals surface area contributed by atoms with Gasteiger partial charge in [-0.15, -0.1) is 0 Å². The third-order valence-corrected chi connectivity index (χ3v) is 4.58. The SMILES string of the molecule is CN(CC1CC1)c1ccc(-c2cc(=O)n3ncc(C(=O)O)c3[nH]2)cc1. The molecule has 128 valence electrons. The molecule has 0 saturated heterocycles. The first kappa shape index (κ1) is 15.4. The van der Waals surface area contributed by atoms with Crippen LogP contribution in [0.2, 0.25) is 0 Å². The van der Waals surface area contributed by atoms with Crippen molar-refractivity contribution in [3.63, 3.8) is 0 Å². The lowest BCUT2D eigenvalue weighted by Gasteiger charge is -2.19. The molecule has 25 heavy (non-hydrogen) atoms. The lowest BCUT2D eigenvalue weighted by atomic mass is 10.1. The number of nitrogens with zero attached hydrogens (tertiary/aromatic N) is 3. The number of carbonyl (C=O) groups is 1. The Bertz CT molecular complexity index is 999. The summed E-state index contributed by atoms with van der Waals surface area (Å²) >= 11 is 0. The van der Waals surface area contributed by atoms with Gasteiger partial charge >= 0.3 is 5.97 Å². The van der Waals surface area contributed by atoms with Crippen LogP contribution in [0, 0.1) is 5.92 Å². The summed E-state index contributed by atoms with van der Waals surface area (Å²) in [5, 5.41) is 13.0. The standard InChI is InChI=1S/C18H18N4O3/c1-21(10-11-2-3-11)13-6-4-12(5-7-13)15-8-16(23)22-17(20-15)14(9-19-22)18(24)25/h4-9,11,20H,2-3,10H2,1H3,(H,24,25). The molecule has 0 spiro atoms. The Balaban J connectivity index is 1.70. The fraction of sp³-hybridized carbons (Fsp3) is 0.278. The number of anilines is 1. The van der Waals surface area contributed by atoms with E-state index in [-0.39, 0.29) is 16.8 Å². The van der Waals surface area contributed by atoms with E-state index in [1.54, 1.807) is 0 Å². The van der Waals surface area contributed by atoms with Crippen molar-refractivity contribution >= 4 is 17.3 Å². The highest BCUT2D eigenvalue weighted by atomic mass is 16.4. The molecule has 0 atom stereocenters. The zero-order chi connectivity index (χ0) is 17.6. The minimum absolute atomic E-state index is 0.0280. The normalized spacial score (nSPS) is 14.0. The van der Waals surface area contributed by atoms with Gasteiger partial charge in [-0.25, -0.2) is 4.79 Å². The number of fused-ring (bicyclic) bond motifs is 1. The van der Waals surface area contributed by atoms with E-state index >= 15 is 0 Å². The van der Waals surface area contributed by atoms with Crippen LogP contribution in [0.4, 0.5) is 5.69 Å². The van der Waals surface area contributed by atoms with E-state index in [1.807, 2.05) is 24.3 Å². The van der Waals surface area contributed by atoms with Crippen LogP contribution < -0.4 is 10.5 Å². The number of carboxylic acid groups (broad SMARTS) is 1. The number of hydrogen-bond acceptors (Lipinski definition) is 4. The Morgan fingerprint density at radius 3 is 2.72 bits per heavy atom. The molecule has 0 unspecified atom stereocenters. The number of rotatable bonds is 5. The van der Waals surface area contributed by atoms with Crippen LogP contribution in [0.3, 0.4) is 0 Å². The van der Waals surface area contributed by atoms with Gasteiger partial charge in [-0.1, -0.05) is 12.1 Å². The number of aromatic carboxylic acids is 1. The molecule has 7 nitrogen and oxygen atoms in total.